The summed E-state index contributed by atoms with van der Waals surface area (Å²) in [7, 11) is 1.88. The zero-order valence-corrected chi connectivity index (χ0v) is 19.6. The van der Waals surface area contributed by atoms with Crippen molar-refractivity contribution in [3.63, 3.8) is 0 Å². The van der Waals surface area contributed by atoms with E-state index in [1.807, 2.05) is 24.4 Å². The van der Waals surface area contributed by atoms with Crippen molar-refractivity contribution in [1.29, 1.82) is 0 Å². The Morgan fingerprint density at radius 1 is 1.19 bits per heavy atom. The number of benzene rings is 2. The highest BCUT2D eigenvalue weighted by atomic mass is 32.2. The molecule has 0 radical (unpaired) electrons. The molecule has 3 aromatic rings. The van der Waals surface area contributed by atoms with Crippen LogP contribution in [0.15, 0.2) is 66.0 Å². The van der Waals surface area contributed by atoms with Gasteiger partial charge in [-0.3, -0.25) is 9.00 Å². The molecule has 0 fully saturated rings. The molecule has 0 aliphatic rings. The third kappa shape index (κ3) is 10.1. The number of anilines is 2. The van der Waals surface area contributed by atoms with Crippen molar-refractivity contribution in [2.24, 2.45) is 0 Å². The van der Waals surface area contributed by atoms with Crippen LogP contribution in [-0.4, -0.2) is 52.9 Å². The lowest BCUT2D eigenvalue weighted by Gasteiger charge is -2.21. The van der Waals surface area contributed by atoms with Crippen molar-refractivity contribution < 1.29 is 28.3 Å². The minimum Gasteiger partial charge on any atom is -0.755 e. The molecule has 0 aliphatic heterocycles. The third-order valence-corrected chi connectivity index (χ3v) is 5.32. The maximum absolute atomic E-state index is 10.6. The molecule has 0 spiro atoms. The van der Waals surface area contributed by atoms with E-state index in [0.29, 0.717) is 17.8 Å². The van der Waals surface area contributed by atoms with Crippen molar-refractivity contribution in [2.75, 3.05) is 30.3 Å². The molecule has 32 heavy (non-hydrogen) atoms. The molecule has 2 aromatic carbocycles. The van der Waals surface area contributed by atoms with E-state index in [-0.39, 0.29) is 0 Å². The molecule has 172 valence electrons. The standard InChI is InChI=1S/C9H13NO3S.C7H10BNO2.C5H4OS/c1-3-13-9-6-4-8(5-7-9)10(2)14(11)12;1-9-7-4-2-3-6(5-7)8(10)11;6-4-5-2-1-3-7-5/h4-7H,3H2,1-2H3,(H,11,12);2-5,9-11H,1H3;1-4H/p-1. The van der Waals surface area contributed by atoms with E-state index < -0.39 is 18.4 Å². The van der Waals surface area contributed by atoms with Gasteiger partial charge in [-0.2, -0.15) is 0 Å². The third-order valence-electron chi connectivity index (χ3n) is 3.87. The van der Waals surface area contributed by atoms with Crippen molar-refractivity contribution in [3.05, 3.63) is 70.9 Å². The number of hydrogen-bond acceptors (Lipinski definition) is 8. The van der Waals surface area contributed by atoms with Gasteiger partial charge < -0.3 is 29.0 Å². The van der Waals surface area contributed by atoms with E-state index in [2.05, 4.69) is 5.32 Å². The van der Waals surface area contributed by atoms with E-state index in [4.69, 9.17) is 14.8 Å². The van der Waals surface area contributed by atoms with Gasteiger partial charge in [0.15, 0.2) is 6.29 Å². The Bertz CT molecular complexity index is 940. The average molecular weight is 477 g/mol. The van der Waals surface area contributed by atoms with Crippen LogP contribution in [0.3, 0.4) is 0 Å². The van der Waals surface area contributed by atoms with E-state index in [1.54, 1.807) is 55.6 Å². The topological polar surface area (TPSA) is 122 Å². The van der Waals surface area contributed by atoms with Gasteiger partial charge in [-0.25, -0.2) is 0 Å². The van der Waals surface area contributed by atoms with Gasteiger partial charge in [0, 0.05) is 36.7 Å². The summed E-state index contributed by atoms with van der Waals surface area (Å²) in [5, 5.41) is 22.3. The second-order valence-electron chi connectivity index (χ2n) is 6.02. The fourth-order valence-electron chi connectivity index (χ4n) is 2.22. The van der Waals surface area contributed by atoms with E-state index in [1.165, 1.54) is 18.4 Å². The predicted octanol–water partition coefficient (Wildman–Crippen LogP) is 2.28. The summed E-state index contributed by atoms with van der Waals surface area (Å²) in [6.45, 7) is 2.50. The Morgan fingerprint density at radius 2 is 1.88 bits per heavy atom. The van der Waals surface area contributed by atoms with Crippen LogP contribution in [-0.2, 0) is 11.3 Å². The lowest BCUT2D eigenvalue weighted by Crippen LogP contribution is -2.29. The largest absolute Gasteiger partial charge is 0.755 e. The minimum atomic E-state index is -2.23. The lowest BCUT2D eigenvalue weighted by atomic mass is 9.80. The fourth-order valence-corrected chi connectivity index (χ4v) is 3.04. The molecule has 0 bridgehead atoms. The minimum absolute atomic E-state index is 0.497. The Balaban J connectivity index is 0.000000253. The summed E-state index contributed by atoms with van der Waals surface area (Å²) in [6, 6.07) is 17.5. The van der Waals surface area contributed by atoms with Gasteiger partial charge in [-0.1, -0.05) is 18.2 Å². The van der Waals surface area contributed by atoms with Crippen LogP contribution < -0.4 is 19.8 Å². The number of nitrogens with zero attached hydrogens (tertiary/aromatic N) is 1. The summed E-state index contributed by atoms with van der Waals surface area (Å²) >= 11 is -0.774. The second kappa shape index (κ2) is 15.2. The fraction of sp³-hybridized carbons (Fsp3) is 0.190. The number of thiophene rings is 1. The molecule has 8 nitrogen and oxygen atoms in total. The molecule has 11 heteroatoms. The predicted molar refractivity (Wildman–Crippen MR) is 130 cm³/mol. The van der Waals surface area contributed by atoms with Gasteiger partial charge >= 0.3 is 7.12 Å². The molecule has 0 aliphatic carbocycles. The number of aldehydes is 1. The molecular formula is C21H26BN2O6S2-. The Hall–Kier alpha value is -2.70. The summed E-state index contributed by atoms with van der Waals surface area (Å²) in [5.74, 6) is 0.737. The average Bonchev–Trinajstić information content (AvgIpc) is 3.34. The van der Waals surface area contributed by atoms with Crippen LogP contribution in [0.4, 0.5) is 11.4 Å². The van der Waals surface area contributed by atoms with Crippen LogP contribution in [0, 0.1) is 0 Å². The Morgan fingerprint density at radius 3 is 2.31 bits per heavy atom. The highest BCUT2D eigenvalue weighted by Gasteiger charge is 2.09. The smallest absolute Gasteiger partial charge is 0.488 e. The van der Waals surface area contributed by atoms with Crippen LogP contribution in [0.5, 0.6) is 5.75 Å². The maximum Gasteiger partial charge on any atom is 0.488 e. The van der Waals surface area contributed by atoms with Crippen molar-refractivity contribution in [1.82, 2.24) is 0 Å². The van der Waals surface area contributed by atoms with Gasteiger partial charge in [-0.05, 0) is 60.2 Å². The number of nitrogens with one attached hydrogen (secondary N) is 1. The molecule has 3 N–H and O–H groups in total. The molecule has 3 rings (SSSR count). The van der Waals surface area contributed by atoms with Gasteiger partial charge in [0.1, 0.15) is 5.75 Å². The highest BCUT2D eigenvalue weighted by Crippen LogP contribution is 2.18. The van der Waals surface area contributed by atoms with Crippen molar-refractivity contribution in [2.45, 2.75) is 6.92 Å². The van der Waals surface area contributed by atoms with E-state index >= 15 is 0 Å². The SMILES string of the molecule is CCOc1ccc(N(C)S(=O)[O-])cc1.CNc1cccc(B(O)O)c1.O=Cc1cccs1. The van der Waals surface area contributed by atoms with Crippen LogP contribution >= 0.6 is 11.3 Å². The summed E-state index contributed by atoms with van der Waals surface area (Å²) in [5.41, 5.74) is 1.98. The number of carbonyl (C=O) groups excluding carboxylic acids is 1. The Labute approximate surface area is 195 Å². The molecule has 0 saturated carbocycles. The first-order valence-electron chi connectivity index (χ1n) is 9.50. The highest BCUT2D eigenvalue weighted by molar-refractivity contribution is 7.80. The molecule has 0 saturated heterocycles. The van der Waals surface area contributed by atoms with Gasteiger partial charge in [-0.15, -0.1) is 11.3 Å². The maximum atomic E-state index is 10.6. The second-order valence-corrected chi connectivity index (χ2v) is 7.99. The van der Waals surface area contributed by atoms with Crippen LogP contribution in [0.2, 0.25) is 0 Å². The van der Waals surface area contributed by atoms with Gasteiger partial charge in [0.05, 0.1) is 11.5 Å². The number of rotatable bonds is 7. The first-order chi connectivity index (χ1) is 15.3. The zero-order valence-electron chi connectivity index (χ0n) is 18.0. The lowest BCUT2D eigenvalue weighted by molar-refractivity contribution is 0.112. The zero-order chi connectivity index (χ0) is 23.9. The summed E-state index contributed by atoms with van der Waals surface area (Å²) < 4.78 is 27.6. The molecule has 1 atom stereocenters. The summed E-state index contributed by atoms with van der Waals surface area (Å²) in [4.78, 5) is 10.7. The van der Waals surface area contributed by atoms with Crippen molar-refractivity contribution in [3.8, 4) is 5.75 Å². The van der Waals surface area contributed by atoms with Gasteiger partial charge in [0.2, 0.25) is 0 Å². The van der Waals surface area contributed by atoms with E-state index in [9.17, 15) is 13.6 Å². The molecule has 1 aromatic heterocycles. The number of ether oxygens (including phenoxy) is 1. The Kier molecular flexibility index (Phi) is 13.0. The summed E-state index contributed by atoms with van der Waals surface area (Å²) in [6.07, 6.45) is 0.852. The first kappa shape index (κ1) is 27.3. The normalized spacial score (nSPS) is 10.4. The molecule has 1 unspecified atom stereocenters. The number of carbonyl (C=O) groups is 1. The monoisotopic (exact) mass is 477 g/mol. The van der Waals surface area contributed by atoms with Crippen molar-refractivity contribution >= 4 is 52.8 Å². The first-order valence-corrected chi connectivity index (χ1v) is 11.4. The number of hydrogen-bond donors (Lipinski definition) is 3. The van der Waals surface area contributed by atoms with Crippen LogP contribution in [0.25, 0.3) is 0 Å². The molecular weight excluding hydrogens is 451 g/mol. The van der Waals surface area contributed by atoms with Gasteiger partial charge in [0.25, 0.3) is 0 Å². The molecule has 0 amide bonds. The molecule has 1 heterocycles. The quantitative estimate of drug-likeness (QED) is 0.271. The van der Waals surface area contributed by atoms with E-state index in [0.717, 1.165) is 26.9 Å². The van der Waals surface area contributed by atoms with Crippen LogP contribution in [0.1, 0.15) is 16.6 Å².